The van der Waals surface area contributed by atoms with Crippen LogP contribution in [0.1, 0.15) is 70.9 Å². The first-order valence-electron chi connectivity index (χ1n) is 10.7. The van der Waals surface area contributed by atoms with Crippen LogP contribution in [0.5, 0.6) is 0 Å². The third-order valence-electron chi connectivity index (χ3n) is 6.05. The number of carbonyl (C=O) groups is 2. The molecule has 1 N–H and O–H groups in total. The fourth-order valence-electron chi connectivity index (χ4n) is 4.34. The lowest BCUT2D eigenvalue weighted by atomic mass is 10.1. The number of fused-ring (bicyclic) bond motifs is 1. The van der Waals surface area contributed by atoms with E-state index in [4.69, 9.17) is 0 Å². The van der Waals surface area contributed by atoms with Gasteiger partial charge in [-0.05, 0) is 56.2 Å². The van der Waals surface area contributed by atoms with E-state index in [1.54, 1.807) is 24.3 Å². The van der Waals surface area contributed by atoms with Crippen molar-refractivity contribution in [1.82, 2.24) is 24.8 Å². The number of pyridine rings is 1. The van der Waals surface area contributed by atoms with E-state index in [0.29, 0.717) is 18.1 Å². The highest BCUT2D eigenvalue weighted by molar-refractivity contribution is 5.97. The van der Waals surface area contributed by atoms with Gasteiger partial charge in [-0.1, -0.05) is 12.8 Å². The minimum atomic E-state index is -0.140. The van der Waals surface area contributed by atoms with E-state index in [1.165, 1.54) is 0 Å². The van der Waals surface area contributed by atoms with Gasteiger partial charge in [0.1, 0.15) is 5.69 Å². The minimum absolute atomic E-state index is 0.107. The highest BCUT2D eigenvalue weighted by Crippen LogP contribution is 2.23. The molecule has 0 saturated heterocycles. The Hall–Kier alpha value is -2.70. The van der Waals surface area contributed by atoms with Gasteiger partial charge in [0.2, 0.25) is 0 Å². The molecule has 0 spiro atoms. The Morgan fingerprint density at radius 2 is 1.93 bits per heavy atom. The molecule has 1 saturated carbocycles. The molecule has 3 heterocycles. The van der Waals surface area contributed by atoms with E-state index >= 15 is 0 Å². The summed E-state index contributed by atoms with van der Waals surface area (Å²) in [6, 6.07) is 4.16. The predicted octanol–water partition coefficient (Wildman–Crippen LogP) is 2.60. The van der Waals surface area contributed by atoms with E-state index < -0.39 is 0 Å². The molecule has 2 aromatic rings. The molecule has 4 rings (SSSR count). The Balaban J connectivity index is 1.50. The van der Waals surface area contributed by atoms with Crippen LogP contribution in [-0.4, -0.2) is 50.9 Å². The van der Waals surface area contributed by atoms with E-state index in [-0.39, 0.29) is 17.9 Å². The van der Waals surface area contributed by atoms with Crippen LogP contribution in [0.15, 0.2) is 24.5 Å². The molecule has 0 radical (unpaired) electrons. The van der Waals surface area contributed by atoms with Crippen LogP contribution in [0.2, 0.25) is 0 Å². The van der Waals surface area contributed by atoms with Gasteiger partial charge in [-0.2, -0.15) is 0 Å². The van der Waals surface area contributed by atoms with Crippen molar-refractivity contribution in [2.75, 3.05) is 13.6 Å². The van der Waals surface area contributed by atoms with Crippen molar-refractivity contribution in [3.05, 3.63) is 47.3 Å². The van der Waals surface area contributed by atoms with E-state index in [2.05, 4.69) is 15.3 Å². The Labute approximate surface area is 171 Å². The number of imidazole rings is 1. The molecule has 7 nitrogen and oxygen atoms in total. The number of hydrogen-bond donors (Lipinski definition) is 1. The first-order chi connectivity index (χ1) is 14.1. The Bertz CT molecular complexity index is 871. The third-order valence-corrected chi connectivity index (χ3v) is 6.05. The van der Waals surface area contributed by atoms with Gasteiger partial charge in [-0.3, -0.25) is 14.6 Å². The SMILES string of the molecule is CN(CCc1ccncc1)C(=O)c1nc(C(=O)NC2CCCC2)n2c1CCCC2. The Kier molecular flexibility index (Phi) is 5.92. The third kappa shape index (κ3) is 4.33. The highest BCUT2D eigenvalue weighted by atomic mass is 16.2. The van der Waals surface area contributed by atoms with Crippen LogP contribution < -0.4 is 5.32 Å². The maximum atomic E-state index is 13.1. The molecule has 2 aliphatic rings. The van der Waals surface area contributed by atoms with Crippen molar-refractivity contribution in [2.24, 2.45) is 0 Å². The lowest BCUT2D eigenvalue weighted by Crippen LogP contribution is -2.35. The molecular weight excluding hydrogens is 366 g/mol. The molecule has 154 valence electrons. The van der Waals surface area contributed by atoms with E-state index in [0.717, 1.165) is 69.2 Å². The van der Waals surface area contributed by atoms with Crippen LogP contribution in [0.25, 0.3) is 0 Å². The first-order valence-corrected chi connectivity index (χ1v) is 10.7. The van der Waals surface area contributed by atoms with E-state index in [9.17, 15) is 9.59 Å². The minimum Gasteiger partial charge on any atom is -0.347 e. The second-order valence-electron chi connectivity index (χ2n) is 8.13. The fraction of sp³-hybridized carbons (Fsp3) is 0.545. The second kappa shape index (κ2) is 8.76. The smallest absolute Gasteiger partial charge is 0.287 e. The summed E-state index contributed by atoms with van der Waals surface area (Å²) in [4.78, 5) is 36.3. The molecule has 1 aliphatic carbocycles. The number of aromatic nitrogens is 3. The van der Waals surface area contributed by atoms with Gasteiger partial charge in [-0.25, -0.2) is 4.98 Å². The van der Waals surface area contributed by atoms with Crippen molar-refractivity contribution >= 4 is 11.8 Å². The molecule has 1 fully saturated rings. The van der Waals surface area contributed by atoms with Gasteiger partial charge in [0.15, 0.2) is 5.82 Å². The largest absolute Gasteiger partial charge is 0.347 e. The summed E-state index contributed by atoms with van der Waals surface area (Å²) in [6.07, 6.45) is 11.5. The highest BCUT2D eigenvalue weighted by Gasteiger charge is 2.30. The summed E-state index contributed by atoms with van der Waals surface area (Å²) >= 11 is 0. The number of carbonyl (C=O) groups excluding carboxylic acids is 2. The predicted molar refractivity (Wildman–Crippen MR) is 110 cm³/mol. The molecule has 0 atom stereocenters. The number of nitrogens with one attached hydrogen (secondary N) is 1. The van der Waals surface area contributed by atoms with Crippen LogP contribution in [0, 0.1) is 0 Å². The average Bonchev–Trinajstić information content (AvgIpc) is 3.40. The van der Waals surface area contributed by atoms with Crippen LogP contribution >= 0.6 is 0 Å². The van der Waals surface area contributed by atoms with Crippen molar-refractivity contribution < 1.29 is 9.59 Å². The van der Waals surface area contributed by atoms with Gasteiger partial charge in [-0.15, -0.1) is 0 Å². The zero-order valence-electron chi connectivity index (χ0n) is 17.1. The molecule has 2 aromatic heterocycles. The molecule has 0 bridgehead atoms. The number of likely N-dealkylation sites (N-methyl/N-ethyl adjacent to an activating group) is 1. The van der Waals surface area contributed by atoms with Gasteiger partial charge in [0.25, 0.3) is 11.8 Å². The Morgan fingerprint density at radius 1 is 1.17 bits per heavy atom. The number of amides is 2. The van der Waals surface area contributed by atoms with Crippen LogP contribution in [-0.2, 0) is 19.4 Å². The summed E-state index contributed by atoms with van der Waals surface area (Å²) in [5.41, 5.74) is 2.50. The maximum absolute atomic E-state index is 13.1. The summed E-state index contributed by atoms with van der Waals surface area (Å²) in [5.74, 6) is 0.153. The van der Waals surface area contributed by atoms with Gasteiger partial charge in [0.05, 0.1) is 5.69 Å². The van der Waals surface area contributed by atoms with E-state index in [1.807, 2.05) is 16.7 Å². The Morgan fingerprint density at radius 3 is 2.69 bits per heavy atom. The summed E-state index contributed by atoms with van der Waals surface area (Å²) < 4.78 is 1.97. The lowest BCUT2D eigenvalue weighted by Gasteiger charge is -2.20. The fourth-order valence-corrected chi connectivity index (χ4v) is 4.34. The van der Waals surface area contributed by atoms with Gasteiger partial charge < -0.3 is 14.8 Å². The van der Waals surface area contributed by atoms with Gasteiger partial charge in [0, 0.05) is 38.6 Å². The normalized spacial score (nSPS) is 16.4. The summed E-state index contributed by atoms with van der Waals surface area (Å²) in [6.45, 7) is 1.35. The number of hydrogen-bond acceptors (Lipinski definition) is 4. The van der Waals surface area contributed by atoms with Crippen molar-refractivity contribution in [2.45, 2.75) is 64.0 Å². The summed E-state index contributed by atoms with van der Waals surface area (Å²) in [7, 11) is 1.80. The molecule has 1 aliphatic heterocycles. The molecule has 0 aromatic carbocycles. The lowest BCUT2D eigenvalue weighted by molar-refractivity contribution is 0.0789. The molecule has 0 unspecified atom stereocenters. The zero-order chi connectivity index (χ0) is 20.2. The standard InChI is InChI=1S/C22H29N5O2/c1-26(15-11-16-9-12-23-13-10-16)22(29)19-18-8-4-5-14-27(18)20(25-19)21(28)24-17-6-2-3-7-17/h9-10,12-13,17H,2-8,11,14-15H2,1H3,(H,24,28). The summed E-state index contributed by atoms with van der Waals surface area (Å²) in [5, 5.41) is 3.12. The molecule has 29 heavy (non-hydrogen) atoms. The second-order valence-corrected chi connectivity index (χ2v) is 8.13. The first kappa shape index (κ1) is 19.6. The van der Waals surface area contributed by atoms with Crippen molar-refractivity contribution in [1.29, 1.82) is 0 Å². The van der Waals surface area contributed by atoms with Crippen LogP contribution in [0.3, 0.4) is 0 Å². The van der Waals surface area contributed by atoms with Crippen molar-refractivity contribution in [3.63, 3.8) is 0 Å². The number of rotatable bonds is 6. The average molecular weight is 396 g/mol. The van der Waals surface area contributed by atoms with Crippen LogP contribution in [0.4, 0.5) is 0 Å². The molecule has 2 amide bonds. The van der Waals surface area contributed by atoms with Crippen molar-refractivity contribution in [3.8, 4) is 0 Å². The molecular formula is C22H29N5O2. The molecule has 7 heteroatoms. The van der Waals surface area contributed by atoms with Gasteiger partial charge >= 0.3 is 0 Å². The zero-order valence-corrected chi connectivity index (χ0v) is 17.1. The quantitative estimate of drug-likeness (QED) is 0.815. The maximum Gasteiger partial charge on any atom is 0.287 e. The number of nitrogens with zero attached hydrogens (tertiary/aromatic N) is 4. The monoisotopic (exact) mass is 395 g/mol. The topological polar surface area (TPSA) is 80.1 Å².